The molecule has 0 aromatic heterocycles. The fourth-order valence-electron chi connectivity index (χ4n) is 5.66. The van der Waals surface area contributed by atoms with Gasteiger partial charge in [0, 0.05) is 31.9 Å². The van der Waals surface area contributed by atoms with Gasteiger partial charge in [0.05, 0.1) is 12.6 Å². The number of ketones is 1. The number of nitrogens with zero attached hydrogens (tertiary/aromatic N) is 3. The minimum Gasteiger partial charge on any atom is -0.445 e. The smallest absolute Gasteiger partial charge is 0.408 e. The number of carbonyl (C=O) groups is 5. The molecule has 2 saturated heterocycles. The van der Waals surface area contributed by atoms with Gasteiger partial charge in [-0.3, -0.25) is 19.2 Å². The number of likely N-dealkylation sites (tertiary alicyclic amines) is 2. The van der Waals surface area contributed by atoms with E-state index in [9.17, 15) is 24.0 Å². The summed E-state index contributed by atoms with van der Waals surface area (Å²) in [6.07, 6.45) is 0.0866. The van der Waals surface area contributed by atoms with Gasteiger partial charge < -0.3 is 30.1 Å². The number of hydrogen-bond acceptors (Lipinski definition) is 7. The first-order valence-corrected chi connectivity index (χ1v) is 14.7. The number of carbonyl (C=O) groups excluding carboxylic acids is 5. The Bertz CT molecular complexity index is 1330. The summed E-state index contributed by atoms with van der Waals surface area (Å²) in [6, 6.07) is 13.2. The van der Waals surface area contributed by atoms with Crippen LogP contribution in [0.2, 0.25) is 0 Å². The predicted molar refractivity (Wildman–Crippen MR) is 161 cm³/mol. The first-order valence-electron chi connectivity index (χ1n) is 14.7. The zero-order valence-electron chi connectivity index (χ0n) is 25.4. The van der Waals surface area contributed by atoms with Gasteiger partial charge in [-0.2, -0.15) is 0 Å². The van der Waals surface area contributed by atoms with Gasteiger partial charge in [-0.05, 0) is 55.5 Å². The van der Waals surface area contributed by atoms with Crippen LogP contribution in [-0.2, 0) is 25.7 Å². The lowest BCUT2D eigenvalue weighted by Crippen LogP contribution is -2.53. The van der Waals surface area contributed by atoms with Gasteiger partial charge in [-0.25, -0.2) is 4.79 Å². The molecule has 4 atom stereocenters. The number of amides is 4. The Balaban J connectivity index is 1.39. The molecule has 0 radical (unpaired) electrons. The van der Waals surface area contributed by atoms with Gasteiger partial charge in [0.15, 0.2) is 5.78 Å². The topological polar surface area (TPSA) is 128 Å². The van der Waals surface area contributed by atoms with Crippen LogP contribution in [0.4, 0.5) is 10.5 Å². The lowest BCUT2D eigenvalue weighted by molar-refractivity contribution is -0.138. The Hall–Kier alpha value is -4.41. The van der Waals surface area contributed by atoms with E-state index in [1.54, 1.807) is 19.1 Å². The Morgan fingerprint density at radius 1 is 0.930 bits per heavy atom. The molecule has 0 aliphatic carbocycles. The third kappa shape index (κ3) is 7.52. The van der Waals surface area contributed by atoms with Crippen LogP contribution < -0.4 is 15.5 Å². The van der Waals surface area contributed by atoms with Gasteiger partial charge in [-0.15, -0.1) is 0 Å². The van der Waals surface area contributed by atoms with E-state index in [-0.39, 0.29) is 43.2 Å². The number of nitrogens with one attached hydrogen (secondary N) is 2. The number of Topliss-reactive ketones (excluding diaryl/α,β-unsaturated/α-hetero) is 1. The normalized spacial score (nSPS) is 19.1. The van der Waals surface area contributed by atoms with Crippen molar-refractivity contribution in [2.24, 2.45) is 5.92 Å². The molecule has 2 heterocycles. The van der Waals surface area contributed by atoms with Crippen molar-refractivity contribution >= 4 is 35.3 Å². The van der Waals surface area contributed by atoms with Gasteiger partial charge in [0.25, 0.3) is 5.91 Å². The first kappa shape index (κ1) is 31.5. The maximum absolute atomic E-state index is 13.8. The molecule has 11 nitrogen and oxygen atoms in total. The average Bonchev–Trinajstić information content (AvgIpc) is 3.56. The number of anilines is 1. The zero-order valence-corrected chi connectivity index (χ0v) is 25.4. The van der Waals surface area contributed by atoms with Gasteiger partial charge in [0.1, 0.15) is 24.7 Å². The average molecular weight is 592 g/mol. The molecule has 43 heavy (non-hydrogen) atoms. The van der Waals surface area contributed by atoms with Crippen LogP contribution in [0.25, 0.3) is 0 Å². The second kappa shape index (κ2) is 13.7. The summed E-state index contributed by atoms with van der Waals surface area (Å²) in [5, 5.41) is 5.43. The van der Waals surface area contributed by atoms with Crippen molar-refractivity contribution < 1.29 is 28.7 Å². The van der Waals surface area contributed by atoms with Crippen LogP contribution in [0.15, 0.2) is 54.6 Å². The Morgan fingerprint density at radius 3 is 2.23 bits per heavy atom. The Kier molecular flexibility index (Phi) is 10.1. The van der Waals surface area contributed by atoms with Crippen LogP contribution in [0.5, 0.6) is 0 Å². The fourth-order valence-corrected chi connectivity index (χ4v) is 5.66. The monoisotopic (exact) mass is 591 g/mol. The van der Waals surface area contributed by atoms with Crippen LogP contribution >= 0.6 is 0 Å². The van der Waals surface area contributed by atoms with E-state index < -0.39 is 36.2 Å². The molecule has 4 rings (SSSR count). The van der Waals surface area contributed by atoms with Crippen molar-refractivity contribution in [3.05, 3.63) is 65.7 Å². The largest absolute Gasteiger partial charge is 0.445 e. The van der Waals surface area contributed by atoms with E-state index >= 15 is 0 Å². The van der Waals surface area contributed by atoms with Crippen LogP contribution in [0, 0.1) is 5.92 Å². The molecule has 2 aromatic rings. The first-order chi connectivity index (χ1) is 20.5. The lowest BCUT2D eigenvalue weighted by atomic mass is 10.0. The van der Waals surface area contributed by atoms with Crippen molar-refractivity contribution in [2.75, 3.05) is 32.1 Å². The highest BCUT2D eigenvalue weighted by Crippen LogP contribution is 2.31. The standard InChI is InChI=1S/C32H41N5O6/c1-20(2)17-25(34-29(39)23-11-13-24(14-12-23)35(4)5)31(41)36-16-15-26-28(36)27(38)18-37(26)30(40)21(3)33-32(42)43-19-22-9-7-6-8-10-22/h6-14,20-21,25-26,28H,15-19H2,1-5H3,(H,33,42)(H,34,39). The summed E-state index contributed by atoms with van der Waals surface area (Å²) in [7, 11) is 3.82. The molecule has 0 spiro atoms. The Labute approximate surface area is 252 Å². The summed E-state index contributed by atoms with van der Waals surface area (Å²) in [6.45, 7) is 5.67. The summed E-state index contributed by atoms with van der Waals surface area (Å²) < 4.78 is 5.23. The van der Waals surface area contributed by atoms with Crippen molar-refractivity contribution in [1.29, 1.82) is 0 Å². The van der Waals surface area contributed by atoms with Gasteiger partial charge in [0.2, 0.25) is 11.8 Å². The van der Waals surface area contributed by atoms with Crippen molar-refractivity contribution in [3.8, 4) is 0 Å². The summed E-state index contributed by atoms with van der Waals surface area (Å²) in [4.78, 5) is 70.6. The minimum absolute atomic E-state index is 0.0625. The zero-order chi connectivity index (χ0) is 31.3. The third-order valence-electron chi connectivity index (χ3n) is 7.86. The maximum atomic E-state index is 13.8. The highest BCUT2D eigenvalue weighted by Gasteiger charge is 2.52. The van der Waals surface area contributed by atoms with Gasteiger partial charge in [-0.1, -0.05) is 44.2 Å². The van der Waals surface area contributed by atoms with Crippen LogP contribution in [-0.4, -0.2) is 90.8 Å². The number of rotatable bonds is 10. The van der Waals surface area contributed by atoms with Crippen molar-refractivity contribution in [1.82, 2.24) is 20.4 Å². The second-order valence-corrected chi connectivity index (χ2v) is 11.8. The molecule has 2 aliphatic heterocycles. The molecule has 4 amide bonds. The molecule has 0 bridgehead atoms. The number of fused-ring (bicyclic) bond motifs is 1. The molecule has 2 aromatic carbocycles. The predicted octanol–water partition coefficient (Wildman–Crippen LogP) is 2.59. The molecule has 4 unspecified atom stereocenters. The van der Waals surface area contributed by atoms with Crippen LogP contribution in [0.3, 0.4) is 0 Å². The van der Waals surface area contributed by atoms with E-state index in [2.05, 4.69) is 10.6 Å². The minimum atomic E-state index is -0.925. The highest BCUT2D eigenvalue weighted by molar-refractivity contribution is 6.01. The number of ether oxygens (including phenoxy) is 1. The number of alkyl carbamates (subject to hydrolysis) is 1. The molecule has 230 valence electrons. The molecule has 0 saturated carbocycles. The maximum Gasteiger partial charge on any atom is 0.408 e. The molecule has 2 N–H and O–H groups in total. The highest BCUT2D eigenvalue weighted by atomic mass is 16.5. The fraction of sp³-hybridized carbons (Fsp3) is 0.469. The molecular formula is C32H41N5O6. The SMILES string of the molecule is CC(C)CC(NC(=O)c1ccc(N(C)C)cc1)C(=O)N1CCC2C1C(=O)CN2C(=O)C(C)NC(=O)OCc1ccccc1. The van der Waals surface area contributed by atoms with Crippen molar-refractivity contribution in [3.63, 3.8) is 0 Å². The van der Waals surface area contributed by atoms with E-state index in [1.165, 1.54) is 9.80 Å². The summed E-state index contributed by atoms with van der Waals surface area (Å²) in [5.41, 5.74) is 2.19. The third-order valence-corrected chi connectivity index (χ3v) is 7.86. The second-order valence-electron chi connectivity index (χ2n) is 11.8. The van der Waals surface area contributed by atoms with E-state index in [0.29, 0.717) is 18.4 Å². The molecule has 2 aliphatic rings. The summed E-state index contributed by atoms with van der Waals surface area (Å²) in [5.74, 6) is -1.25. The molecule has 2 fully saturated rings. The van der Waals surface area contributed by atoms with Gasteiger partial charge >= 0.3 is 6.09 Å². The van der Waals surface area contributed by atoms with E-state index in [4.69, 9.17) is 4.74 Å². The molecule has 11 heteroatoms. The van der Waals surface area contributed by atoms with Crippen LogP contribution in [0.1, 0.15) is 49.5 Å². The van der Waals surface area contributed by atoms with E-state index in [0.717, 1.165) is 11.3 Å². The number of hydrogen-bond donors (Lipinski definition) is 2. The molecular weight excluding hydrogens is 550 g/mol. The Morgan fingerprint density at radius 2 is 1.60 bits per heavy atom. The van der Waals surface area contributed by atoms with E-state index in [1.807, 2.05) is 75.3 Å². The summed E-state index contributed by atoms with van der Waals surface area (Å²) >= 11 is 0. The lowest BCUT2D eigenvalue weighted by Gasteiger charge is -2.29. The quantitative estimate of drug-likeness (QED) is 0.435. The van der Waals surface area contributed by atoms with Crippen molar-refractivity contribution in [2.45, 2.75) is 64.4 Å². The number of benzene rings is 2.